The van der Waals surface area contributed by atoms with Gasteiger partial charge in [-0.1, -0.05) is 46.3 Å². The number of carbonyl (C=O) groups is 1. The molecule has 0 fully saturated rings. The van der Waals surface area contributed by atoms with Crippen LogP contribution in [-0.4, -0.2) is 21.0 Å². The van der Waals surface area contributed by atoms with Crippen LogP contribution in [0.3, 0.4) is 0 Å². The fraction of sp³-hybridized carbons (Fsp3) is 0.238. The fourth-order valence-electron chi connectivity index (χ4n) is 2.85. The molecule has 0 saturated carbocycles. The van der Waals surface area contributed by atoms with Crippen molar-refractivity contribution in [3.63, 3.8) is 0 Å². The van der Waals surface area contributed by atoms with E-state index < -0.39 is 0 Å². The molecular weight excluding hydrogens is 438 g/mol. The maximum absolute atomic E-state index is 12.8. The largest absolute Gasteiger partial charge is 0.320 e. The number of carbonyl (C=O) groups excluding carboxylic acids is 1. The van der Waals surface area contributed by atoms with Crippen LogP contribution in [0.4, 0.5) is 5.69 Å². The molecule has 0 radical (unpaired) electrons. The summed E-state index contributed by atoms with van der Waals surface area (Å²) in [4.78, 5) is 25.1. The Bertz CT molecular complexity index is 1010. The molecule has 3 rings (SSSR count). The third kappa shape index (κ3) is 4.77. The zero-order valence-corrected chi connectivity index (χ0v) is 18.2. The number of aromatic nitrogens is 2. The molecule has 0 atom stereocenters. The number of anilines is 1. The van der Waals surface area contributed by atoms with Crippen molar-refractivity contribution < 1.29 is 4.79 Å². The number of nitrogens with one attached hydrogen (secondary N) is 1. The lowest BCUT2D eigenvalue weighted by atomic mass is 10.2. The predicted octanol–water partition coefficient (Wildman–Crippen LogP) is 4.51. The maximum atomic E-state index is 12.8. The number of amides is 1. The summed E-state index contributed by atoms with van der Waals surface area (Å²) in [6, 6.07) is 17.6. The standard InChI is InChI=1S/C21H22BrN3O2S/c1-15-20(21(27)25(24(15)2)18-6-4-3-5-7-18)23-19(26)12-13-28-14-16-8-10-17(22)11-9-16/h3-11H,12-14H2,1-2H3,(H,23,26). The Kier molecular flexibility index (Phi) is 6.80. The highest BCUT2D eigenvalue weighted by Gasteiger charge is 2.17. The first-order valence-electron chi connectivity index (χ1n) is 8.93. The molecule has 0 aliphatic carbocycles. The summed E-state index contributed by atoms with van der Waals surface area (Å²) in [5.41, 5.74) is 2.84. The number of hydrogen-bond donors (Lipinski definition) is 1. The minimum Gasteiger partial charge on any atom is -0.320 e. The molecule has 1 amide bonds. The van der Waals surface area contributed by atoms with Crippen LogP contribution in [0, 0.1) is 6.92 Å². The number of nitrogens with zero attached hydrogens (tertiary/aromatic N) is 2. The SMILES string of the molecule is Cc1c(NC(=O)CCSCc2ccc(Br)cc2)c(=O)n(-c2ccccc2)n1C. The first-order chi connectivity index (χ1) is 13.5. The Morgan fingerprint density at radius 3 is 2.46 bits per heavy atom. The lowest BCUT2D eigenvalue weighted by molar-refractivity contribution is -0.115. The number of benzene rings is 2. The molecule has 7 heteroatoms. The second kappa shape index (κ2) is 9.30. The lowest BCUT2D eigenvalue weighted by Crippen LogP contribution is -2.23. The molecule has 0 bridgehead atoms. The highest BCUT2D eigenvalue weighted by Crippen LogP contribution is 2.17. The van der Waals surface area contributed by atoms with Crippen molar-refractivity contribution in [2.45, 2.75) is 19.1 Å². The van der Waals surface area contributed by atoms with Crippen molar-refractivity contribution in [1.29, 1.82) is 0 Å². The lowest BCUT2D eigenvalue weighted by Gasteiger charge is -2.07. The number of rotatable bonds is 7. The van der Waals surface area contributed by atoms with Crippen LogP contribution in [0.1, 0.15) is 17.7 Å². The van der Waals surface area contributed by atoms with E-state index in [1.165, 1.54) is 5.56 Å². The van der Waals surface area contributed by atoms with Crippen LogP contribution < -0.4 is 10.9 Å². The fourth-order valence-corrected chi connectivity index (χ4v) is 4.02. The molecule has 28 heavy (non-hydrogen) atoms. The van der Waals surface area contributed by atoms with E-state index in [2.05, 4.69) is 33.4 Å². The van der Waals surface area contributed by atoms with Crippen LogP contribution in [0.15, 0.2) is 63.9 Å². The first kappa shape index (κ1) is 20.5. The van der Waals surface area contributed by atoms with Gasteiger partial charge in [-0.25, -0.2) is 4.68 Å². The molecule has 0 spiro atoms. The summed E-state index contributed by atoms with van der Waals surface area (Å²) in [7, 11) is 1.81. The van der Waals surface area contributed by atoms with Gasteiger partial charge in [0.05, 0.1) is 11.4 Å². The van der Waals surface area contributed by atoms with Gasteiger partial charge in [-0.2, -0.15) is 11.8 Å². The molecule has 146 valence electrons. The van der Waals surface area contributed by atoms with E-state index in [0.717, 1.165) is 21.6 Å². The third-order valence-electron chi connectivity index (χ3n) is 4.47. The maximum Gasteiger partial charge on any atom is 0.295 e. The van der Waals surface area contributed by atoms with Crippen molar-refractivity contribution in [1.82, 2.24) is 9.36 Å². The van der Waals surface area contributed by atoms with E-state index >= 15 is 0 Å². The van der Waals surface area contributed by atoms with E-state index in [1.54, 1.807) is 21.1 Å². The van der Waals surface area contributed by atoms with E-state index in [1.807, 2.05) is 56.4 Å². The van der Waals surface area contributed by atoms with E-state index in [0.29, 0.717) is 17.9 Å². The van der Waals surface area contributed by atoms with E-state index in [4.69, 9.17) is 0 Å². The van der Waals surface area contributed by atoms with Gasteiger partial charge in [0, 0.05) is 29.4 Å². The summed E-state index contributed by atoms with van der Waals surface area (Å²) in [6.07, 6.45) is 0.361. The average molecular weight is 460 g/mol. The Balaban J connectivity index is 1.60. The molecule has 1 heterocycles. The summed E-state index contributed by atoms with van der Waals surface area (Å²) < 4.78 is 4.38. The second-order valence-electron chi connectivity index (χ2n) is 6.41. The predicted molar refractivity (Wildman–Crippen MR) is 119 cm³/mol. The van der Waals surface area contributed by atoms with Gasteiger partial charge >= 0.3 is 0 Å². The molecule has 3 aromatic rings. The summed E-state index contributed by atoms with van der Waals surface area (Å²) in [5, 5.41) is 2.80. The molecule has 5 nitrogen and oxygen atoms in total. The minimum atomic E-state index is -0.220. The highest BCUT2D eigenvalue weighted by atomic mass is 79.9. The van der Waals surface area contributed by atoms with Crippen molar-refractivity contribution in [2.24, 2.45) is 7.05 Å². The molecule has 2 aromatic carbocycles. The van der Waals surface area contributed by atoms with Crippen LogP contribution in [0.25, 0.3) is 5.69 Å². The van der Waals surface area contributed by atoms with E-state index in [-0.39, 0.29) is 11.5 Å². The second-order valence-corrected chi connectivity index (χ2v) is 8.43. The molecule has 1 N–H and O–H groups in total. The molecule has 0 saturated heterocycles. The van der Waals surface area contributed by atoms with Gasteiger partial charge < -0.3 is 5.32 Å². The van der Waals surface area contributed by atoms with Crippen LogP contribution in [0.2, 0.25) is 0 Å². The molecule has 0 aliphatic heterocycles. The van der Waals surface area contributed by atoms with Gasteiger partial charge in [0.15, 0.2) is 0 Å². The number of para-hydroxylation sites is 1. The zero-order valence-electron chi connectivity index (χ0n) is 15.8. The van der Waals surface area contributed by atoms with Crippen molar-refractivity contribution in [3.05, 3.63) is 80.7 Å². The summed E-state index contributed by atoms with van der Waals surface area (Å²) >= 11 is 5.12. The zero-order chi connectivity index (χ0) is 20.1. The Morgan fingerprint density at radius 2 is 1.79 bits per heavy atom. The average Bonchev–Trinajstić information content (AvgIpc) is 2.90. The van der Waals surface area contributed by atoms with Gasteiger partial charge in [-0.3, -0.25) is 14.3 Å². The number of thioether (sulfide) groups is 1. The highest BCUT2D eigenvalue weighted by molar-refractivity contribution is 9.10. The molecule has 0 aliphatic rings. The van der Waals surface area contributed by atoms with Crippen molar-refractivity contribution in [2.75, 3.05) is 11.1 Å². The van der Waals surface area contributed by atoms with Gasteiger partial charge in [-0.05, 0) is 36.8 Å². The van der Waals surface area contributed by atoms with Gasteiger partial charge in [0.1, 0.15) is 5.69 Å². The number of halogens is 1. The van der Waals surface area contributed by atoms with Crippen LogP contribution in [-0.2, 0) is 17.6 Å². The van der Waals surface area contributed by atoms with Crippen molar-refractivity contribution >= 4 is 39.3 Å². The van der Waals surface area contributed by atoms with Crippen LogP contribution in [0.5, 0.6) is 0 Å². The molecule has 0 unspecified atom stereocenters. The summed E-state index contributed by atoms with van der Waals surface area (Å²) in [5.74, 6) is 1.40. The normalized spacial score (nSPS) is 10.8. The summed E-state index contributed by atoms with van der Waals surface area (Å²) in [6.45, 7) is 1.83. The Hall–Kier alpha value is -2.25. The Morgan fingerprint density at radius 1 is 1.11 bits per heavy atom. The third-order valence-corrected chi connectivity index (χ3v) is 6.03. The van der Waals surface area contributed by atoms with E-state index in [9.17, 15) is 9.59 Å². The topological polar surface area (TPSA) is 56.0 Å². The monoisotopic (exact) mass is 459 g/mol. The Labute approximate surface area is 176 Å². The molecular formula is C21H22BrN3O2S. The van der Waals surface area contributed by atoms with Crippen molar-refractivity contribution in [3.8, 4) is 5.69 Å². The van der Waals surface area contributed by atoms with Gasteiger partial charge in [-0.15, -0.1) is 0 Å². The van der Waals surface area contributed by atoms with Crippen LogP contribution >= 0.6 is 27.7 Å². The van der Waals surface area contributed by atoms with Gasteiger partial charge in [0.25, 0.3) is 5.56 Å². The molecule has 1 aromatic heterocycles. The quantitative estimate of drug-likeness (QED) is 0.528. The first-order valence-corrected chi connectivity index (χ1v) is 10.9. The van der Waals surface area contributed by atoms with Gasteiger partial charge in [0.2, 0.25) is 5.91 Å². The minimum absolute atomic E-state index is 0.144. The smallest absolute Gasteiger partial charge is 0.295 e. The number of hydrogen-bond acceptors (Lipinski definition) is 3.